The van der Waals surface area contributed by atoms with Crippen LogP contribution in [-0.4, -0.2) is 39.6 Å². The number of nitrogens with zero attached hydrogens (tertiary/aromatic N) is 3. The molecule has 2 aromatic heterocycles. The van der Waals surface area contributed by atoms with Crippen molar-refractivity contribution in [2.75, 3.05) is 23.7 Å². The minimum atomic E-state index is -0.267. The molecule has 1 amide bonds. The van der Waals surface area contributed by atoms with Gasteiger partial charge in [-0.25, -0.2) is 4.98 Å². The summed E-state index contributed by atoms with van der Waals surface area (Å²) in [6.45, 7) is 7.39. The summed E-state index contributed by atoms with van der Waals surface area (Å²) in [5.41, 5.74) is 1.55. The Bertz CT molecular complexity index is 702. The molecule has 7 nitrogen and oxygen atoms in total. The lowest BCUT2D eigenvalue weighted by atomic mass is 10.1. The highest BCUT2D eigenvalue weighted by molar-refractivity contribution is 5.99. The molecule has 2 aromatic rings. The second-order valence-electron chi connectivity index (χ2n) is 5.42. The summed E-state index contributed by atoms with van der Waals surface area (Å²) in [7, 11) is 0. The van der Waals surface area contributed by atoms with Crippen molar-refractivity contribution in [3.63, 3.8) is 0 Å². The summed E-state index contributed by atoms with van der Waals surface area (Å²) in [6, 6.07) is 2.15. The Morgan fingerprint density at radius 2 is 2.39 bits per heavy atom. The van der Waals surface area contributed by atoms with E-state index in [1.54, 1.807) is 10.7 Å². The van der Waals surface area contributed by atoms with Crippen LogP contribution in [0.1, 0.15) is 25.8 Å². The molecule has 1 unspecified atom stereocenters. The van der Waals surface area contributed by atoms with E-state index in [1.165, 1.54) is 6.08 Å². The number of fused-ring (bicyclic) bond motifs is 1. The van der Waals surface area contributed by atoms with Crippen LogP contribution in [0.5, 0.6) is 0 Å². The number of rotatable bonds is 4. The average Bonchev–Trinajstić information content (AvgIpc) is 3.00. The molecule has 3 rings (SSSR count). The van der Waals surface area contributed by atoms with E-state index < -0.39 is 0 Å². The van der Waals surface area contributed by atoms with Gasteiger partial charge in [0.1, 0.15) is 11.6 Å². The standard InChI is InChI=1S/C15H20N6O.CH4/c1-3-13(22)20-15-10(2)14(18-11-5-4-7-16-9-11)19-12-6-8-17-21(12)15;/h3,6,8,11,16H,1,4-5,7,9H2,2H3,(H,18,19)(H,20,22);1H4. The summed E-state index contributed by atoms with van der Waals surface area (Å²) in [5, 5.41) is 13.9. The maximum atomic E-state index is 11.7. The maximum absolute atomic E-state index is 11.7. The van der Waals surface area contributed by atoms with Gasteiger partial charge in [0.15, 0.2) is 5.65 Å². The van der Waals surface area contributed by atoms with E-state index in [9.17, 15) is 4.79 Å². The van der Waals surface area contributed by atoms with Gasteiger partial charge >= 0.3 is 0 Å². The molecule has 0 aromatic carbocycles. The molecule has 0 spiro atoms. The zero-order valence-electron chi connectivity index (χ0n) is 12.6. The van der Waals surface area contributed by atoms with Crippen LogP contribution in [0.2, 0.25) is 0 Å². The quantitative estimate of drug-likeness (QED) is 0.751. The molecule has 0 bridgehead atoms. The summed E-state index contributed by atoms with van der Waals surface area (Å²) in [5.74, 6) is 1.13. The van der Waals surface area contributed by atoms with Crippen LogP contribution in [0.4, 0.5) is 11.6 Å². The van der Waals surface area contributed by atoms with Crippen molar-refractivity contribution < 1.29 is 4.79 Å². The van der Waals surface area contributed by atoms with Crippen LogP contribution in [-0.2, 0) is 4.79 Å². The van der Waals surface area contributed by atoms with Gasteiger partial charge in [0, 0.05) is 24.2 Å². The van der Waals surface area contributed by atoms with Gasteiger partial charge in [0.2, 0.25) is 5.91 Å². The number of piperidine rings is 1. The molecule has 0 radical (unpaired) electrons. The summed E-state index contributed by atoms with van der Waals surface area (Å²) < 4.78 is 1.63. The minimum Gasteiger partial charge on any atom is -0.366 e. The second-order valence-corrected chi connectivity index (χ2v) is 5.42. The fraction of sp³-hybridized carbons (Fsp3) is 0.438. The third kappa shape index (κ3) is 3.50. The Labute approximate surface area is 136 Å². The number of nitrogens with one attached hydrogen (secondary N) is 3. The molecule has 1 aliphatic rings. The zero-order chi connectivity index (χ0) is 15.5. The van der Waals surface area contributed by atoms with Crippen molar-refractivity contribution >= 4 is 23.2 Å². The maximum Gasteiger partial charge on any atom is 0.248 e. The lowest BCUT2D eigenvalue weighted by Gasteiger charge is -2.25. The fourth-order valence-corrected chi connectivity index (χ4v) is 2.65. The molecule has 1 saturated heterocycles. The minimum absolute atomic E-state index is 0. The van der Waals surface area contributed by atoms with Crippen molar-refractivity contribution in [2.24, 2.45) is 0 Å². The van der Waals surface area contributed by atoms with Crippen LogP contribution < -0.4 is 16.0 Å². The third-order valence-electron chi connectivity index (χ3n) is 3.84. The molecule has 0 saturated carbocycles. The van der Waals surface area contributed by atoms with Gasteiger partial charge in [0.05, 0.1) is 6.20 Å². The summed E-state index contributed by atoms with van der Waals surface area (Å²) in [6.07, 6.45) is 5.16. The first-order chi connectivity index (χ1) is 10.7. The van der Waals surface area contributed by atoms with E-state index in [4.69, 9.17) is 0 Å². The van der Waals surface area contributed by atoms with Crippen molar-refractivity contribution in [3.8, 4) is 0 Å². The molecule has 23 heavy (non-hydrogen) atoms. The van der Waals surface area contributed by atoms with Crippen molar-refractivity contribution in [1.82, 2.24) is 19.9 Å². The molecule has 3 heterocycles. The van der Waals surface area contributed by atoms with E-state index in [0.29, 0.717) is 17.5 Å². The molecule has 0 aliphatic carbocycles. The Balaban J connectivity index is 0.00000192. The van der Waals surface area contributed by atoms with E-state index in [2.05, 4.69) is 32.6 Å². The van der Waals surface area contributed by atoms with Crippen LogP contribution in [0.3, 0.4) is 0 Å². The smallest absolute Gasteiger partial charge is 0.248 e. The number of hydrogen-bond donors (Lipinski definition) is 3. The van der Waals surface area contributed by atoms with Gasteiger partial charge in [-0.1, -0.05) is 14.0 Å². The molecule has 1 atom stereocenters. The molecule has 1 fully saturated rings. The molecular formula is C16H24N6O. The first-order valence-electron chi connectivity index (χ1n) is 7.44. The highest BCUT2D eigenvalue weighted by Gasteiger charge is 2.18. The number of aromatic nitrogens is 3. The van der Waals surface area contributed by atoms with E-state index in [-0.39, 0.29) is 13.3 Å². The molecular weight excluding hydrogens is 292 g/mol. The fourth-order valence-electron chi connectivity index (χ4n) is 2.65. The van der Waals surface area contributed by atoms with Gasteiger partial charge in [-0.2, -0.15) is 9.61 Å². The van der Waals surface area contributed by atoms with Crippen LogP contribution in [0.25, 0.3) is 5.65 Å². The van der Waals surface area contributed by atoms with E-state index in [0.717, 1.165) is 37.3 Å². The number of anilines is 2. The highest BCUT2D eigenvalue weighted by Crippen LogP contribution is 2.24. The largest absolute Gasteiger partial charge is 0.366 e. The number of carbonyl (C=O) groups is 1. The van der Waals surface area contributed by atoms with E-state index in [1.807, 2.05) is 13.0 Å². The lowest BCUT2D eigenvalue weighted by molar-refractivity contribution is -0.111. The summed E-state index contributed by atoms with van der Waals surface area (Å²) in [4.78, 5) is 16.3. The van der Waals surface area contributed by atoms with Crippen LogP contribution in [0, 0.1) is 6.92 Å². The average molecular weight is 316 g/mol. The number of hydrogen-bond acceptors (Lipinski definition) is 5. The van der Waals surface area contributed by atoms with Gasteiger partial charge in [-0.15, -0.1) is 0 Å². The number of carbonyl (C=O) groups excluding carboxylic acids is 1. The van der Waals surface area contributed by atoms with Crippen molar-refractivity contribution in [1.29, 1.82) is 0 Å². The van der Waals surface area contributed by atoms with Crippen molar-refractivity contribution in [2.45, 2.75) is 33.2 Å². The van der Waals surface area contributed by atoms with Crippen LogP contribution >= 0.6 is 0 Å². The first kappa shape index (κ1) is 17.0. The SMILES string of the molecule is C.C=CC(=O)Nc1c(C)c(NC2CCCNC2)nc2ccnn12. The Hall–Kier alpha value is -2.41. The molecule has 1 aliphatic heterocycles. The van der Waals surface area contributed by atoms with Gasteiger partial charge in [0.25, 0.3) is 0 Å². The number of amides is 1. The Morgan fingerprint density at radius 1 is 1.57 bits per heavy atom. The second kappa shape index (κ2) is 7.23. The van der Waals surface area contributed by atoms with Gasteiger partial charge in [-0.05, 0) is 32.4 Å². The highest BCUT2D eigenvalue weighted by atomic mass is 16.1. The van der Waals surface area contributed by atoms with Gasteiger partial charge < -0.3 is 16.0 Å². The first-order valence-corrected chi connectivity index (χ1v) is 7.44. The molecule has 7 heteroatoms. The zero-order valence-corrected chi connectivity index (χ0v) is 12.6. The lowest BCUT2D eigenvalue weighted by Crippen LogP contribution is -2.38. The normalized spacial score (nSPS) is 17.3. The Morgan fingerprint density at radius 3 is 3.09 bits per heavy atom. The van der Waals surface area contributed by atoms with Gasteiger partial charge in [-0.3, -0.25) is 4.79 Å². The topological polar surface area (TPSA) is 83.4 Å². The van der Waals surface area contributed by atoms with Crippen LogP contribution in [0.15, 0.2) is 24.9 Å². The Kier molecular flexibility index (Phi) is 5.33. The van der Waals surface area contributed by atoms with Crippen molar-refractivity contribution in [3.05, 3.63) is 30.5 Å². The monoisotopic (exact) mass is 316 g/mol. The third-order valence-corrected chi connectivity index (χ3v) is 3.84. The predicted octanol–water partition coefficient (Wildman–Crippen LogP) is 1.96. The predicted molar refractivity (Wildman–Crippen MR) is 92.8 cm³/mol. The molecule has 3 N–H and O–H groups in total. The summed E-state index contributed by atoms with van der Waals surface area (Å²) >= 11 is 0. The van der Waals surface area contributed by atoms with E-state index >= 15 is 0 Å². The molecule has 124 valence electrons.